The number of allylic oxidation sites excluding steroid dienone is 2. The first-order valence-electron chi connectivity index (χ1n) is 8.54. The smallest absolute Gasteiger partial charge is 0.343 e. The number of alkyl halides is 3. The lowest BCUT2D eigenvalue weighted by molar-refractivity contribution is -0.140. The van der Waals surface area contributed by atoms with Crippen LogP contribution in [0.4, 0.5) is 23.4 Å². The molecule has 1 aliphatic heterocycles. The lowest BCUT2D eigenvalue weighted by atomic mass is 9.71. The monoisotopic (exact) mass is 379 g/mol. The Labute approximate surface area is 152 Å². The van der Waals surface area contributed by atoms with E-state index in [0.717, 1.165) is 12.1 Å². The van der Waals surface area contributed by atoms with E-state index in [2.05, 4.69) is 10.4 Å². The van der Waals surface area contributed by atoms with Crippen molar-refractivity contribution in [3.05, 3.63) is 58.7 Å². The highest BCUT2D eigenvalue weighted by Crippen LogP contribution is 2.46. The second kappa shape index (κ2) is 5.68. The van der Waals surface area contributed by atoms with Gasteiger partial charge in [-0.15, -0.1) is 0 Å². The molecule has 2 heterocycles. The zero-order valence-corrected chi connectivity index (χ0v) is 14.7. The Morgan fingerprint density at radius 2 is 2.00 bits per heavy atom. The van der Waals surface area contributed by atoms with Crippen molar-refractivity contribution in [2.75, 3.05) is 5.32 Å². The summed E-state index contributed by atoms with van der Waals surface area (Å²) in [5.74, 6) is -0.894. The molecule has 4 nitrogen and oxygen atoms in total. The van der Waals surface area contributed by atoms with Gasteiger partial charge >= 0.3 is 6.18 Å². The lowest BCUT2D eigenvalue weighted by Gasteiger charge is -2.39. The summed E-state index contributed by atoms with van der Waals surface area (Å²) in [6.07, 6.45) is -2.08. The normalized spacial score (nSPS) is 21.6. The minimum Gasteiger partial charge on any atom is -0.343 e. The van der Waals surface area contributed by atoms with E-state index in [4.69, 9.17) is 0 Å². The maximum atomic E-state index is 13.8. The predicted molar refractivity (Wildman–Crippen MR) is 90.4 cm³/mol. The molecule has 2 aromatic rings. The fourth-order valence-electron chi connectivity index (χ4n) is 3.74. The maximum absolute atomic E-state index is 13.8. The number of benzene rings is 1. The quantitative estimate of drug-likeness (QED) is 0.731. The van der Waals surface area contributed by atoms with E-state index in [1.165, 1.54) is 16.9 Å². The summed E-state index contributed by atoms with van der Waals surface area (Å²) in [6, 6.07) is 3.71. The second-order valence-corrected chi connectivity index (χ2v) is 7.53. The Morgan fingerprint density at radius 1 is 1.26 bits per heavy atom. The minimum atomic E-state index is -4.83. The number of halogens is 4. The summed E-state index contributed by atoms with van der Waals surface area (Å²) in [5, 5.41) is 7.36. The van der Waals surface area contributed by atoms with Gasteiger partial charge in [-0.2, -0.15) is 18.3 Å². The molecular weight excluding hydrogens is 362 g/mol. The van der Waals surface area contributed by atoms with Crippen LogP contribution in [0.3, 0.4) is 0 Å². The molecule has 8 heteroatoms. The summed E-state index contributed by atoms with van der Waals surface area (Å²) < 4.78 is 54.9. The van der Waals surface area contributed by atoms with Gasteiger partial charge in [0.15, 0.2) is 5.78 Å². The highest BCUT2D eigenvalue weighted by atomic mass is 19.4. The average molecular weight is 379 g/mol. The summed E-state index contributed by atoms with van der Waals surface area (Å²) in [7, 11) is 0. The third-order valence-corrected chi connectivity index (χ3v) is 5.26. The largest absolute Gasteiger partial charge is 0.419 e. The summed E-state index contributed by atoms with van der Waals surface area (Å²) in [4.78, 5) is 13.1. The first-order chi connectivity index (χ1) is 12.6. The molecule has 1 atom stereocenters. The standard InChI is InChI=1S/C19H17F4N3O/c1-18(2)7-5-13-15(17(18)27)16(26-14(25-13)6-8-24-26)10-3-4-12(20)11(9-10)19(21,22)23/h3-4,6,8-9,16,25H,5,7H2,1-2H3. The van der Waals surface area contributed by atoms with Crippen LogP contribution in [0.5, 0.6) is 0 Å². The molecule has 2 aliphatic rings. The van der Waals surface area contributed by atoms with E-state index >= 15 is 0 Å². The molecule has 1 aliphatic carbocycles. The number of carbonyl (C=O) groups excluding carboxylic acids is 1. The average Bonchev–Trinajstić information content (AvgIpc) is 3.04. The molecular formula is C19H17F4N3O. The number of carbonyl (C=O) groups is 1. The Morgan fingerprint density at radius 3 is 2.70 bits per heavy atom. The van der Waals surface area contributed by atoms with Gasteiger partial charge in [-0.05, 0) is 30.5 Å². The van der Waals surface area contributed by atoms with Crippen molar-refractivity contribution in [3.63, 3.8) is 0 Å². The molecule has 27 heavy (non-hydrogen) atoms. The van der Waals surface area contributed by atoms with Crippen molar-refractivity contribution < 1.29 is 22.4 Å². The molecule has 1 aromatic heterocycles. The molecule has 0 saturated heterocycles. The minimum absolute atomic E-state index is 0.139. The van der Waals surface area contributed by atoms with E-state index in [1.54, 1.807) is 6.07 Å². The molecule has 1 N–H and O–H groups in total. The molecule has 0 radical (unpaired) electrons. The molecule has 4 rings (SSSR count). The fraction of sp³-hybridized carbons (Fsp3) is 0.368. The molecule has 0 fully saturated rings. The molecule has 0 saturated carbocycles. The van der Waals surface area contributed by atoms with E-state index in [-0.39, 0.29) is 11.3 Å². The molecule has 142 valence electrons. The summed E-state index contributed by atoms with van der Waals surface area (Å²) in [6.45, 7) is 3.64. The third-order valence-electron chi connectivity index (χ3n) is 5.26. The van der Waals surface area contributed by atoms with Crippen LogP contribution in [0.1, 0.15) is 43.9 Å². The van der Waals surface area contributed by atoms with Crippen LogP contribution in [0.15, 0.2) is 41.7 Å². The first-order valence-corrected chi connectivity index (χ1v) is 8.54. The van der Waals surface area contributed by atoms with Gasteiger partial charge in [0.05, 0.1) is 11.8 Å². The van der Waals surface area contributed by atoms with Crippen molar-refractivity contribution in [2.45, 2.75) is 38.9 Å². The SMILES string of the molecule is CC1(C)CCC2=C(C1=O)C(c1ccc(F)c(C(F)(F)F)c1)n1nccc1N2. The van der Waals surface area contributed by atoms with Crippen LogP contribution in [-0.4, -0.2) is 15.6 Å². The van der Waals surface area contributed by atoms with Gasteiger partial charge in [0.2, 0.25) is 0 Å². The predicted octanol–water partition coefficient (Wildman–Crippen LogP) is 4.70. The second-order valence-electron chi connectivity index (χ2n) is 7.53. The Hall–Kier alpha value is -2.64. The Bertz CT molecular complexity index is 972. The molecule has 1 aromatic carbocycles. The van der Waals surface area contributed by atoms with Crippen LogP contribution >= 0.6 is 0 Å². The van der Waals surface area contributed by atoms with Crippen LogP contribution in [0, 0.1) is 11.2 Å². The van der Waals surface area contributed by atoms with Gasteiger partial charge in [0, 0.05) is 22.8 Å². The highest BCUT2D eigenvalue weighted by Gasteiger charge is 2.44. The van der Waals surface area contributed by atoms with Crippen LogP contribution in [0.25, 0.3) is 0 Å². The van der Waals surface area contributed by atoms with Crippen molar-refractivity contribution in [1.82, 2.24) is 9.78 Å². The highest BCUT2D eigenvalue weighted by molar-refractivity contribution is 6.03. The maximum Gasteiger partial charge on any atom is 0.419 e. The van der Waals surface area contributed by atoms with Gasteiger partial charge in [0.25, 0.3) is 0 Å². The van der Waals surface area contributed by atoms with Gasteiger partial charge in [-0.3, -0.25) is 4.79 Å². The van der Waals surface area contributed by atoms with Crippen molar-refractivity contribution in [3.8, 4) is 0 Å². The lowest BCUT2D eigenvalue weighted by Crippen LogP contribution is -2.39. The van der Waals surface area contributed by atoms with Crippen LogP contribution < -0.4 is 5.32 Å². The molecule has 0 bridgehead atoms. The number of nitrogens with zero attached hydrogens (tertiary/aromatic N) is 2. The topological polar surface area (TPSA) is 46.9 Å². The van der Waals surface area contributed by atoms with Crippen LogP contribution in [-0.2, 0) is 11.0 Å². The zero-order valence-electron chi connectivity index (χ0n) is 14.7. The van der Waals surface area contributed by atoms with Crippen molar-refractivity contribution in [2.24, 2.45) is 5.41 Å². The van der Waals surface area contributed by atoms with E-state index in [9.17, 15) is 22.4 Å². The number of nitrogens with one attached hydrogen (secondary N) is 1. The number of anilines is 1. The molecule has 0 amide bonds. The molecule has 1 unspecified atom stereocenters. The van der Waals surface area contributed by atoms with Gasteiger partial charge in [-0.25, -0.2) is 9.07 Å². The summed E-state index contributed by atoms with van der Waals surface area (Å²) in [5.41, 5.74) is -0.723. The number of Topliss-reactive ketones (excluding diaryl/α,β-unsaturated/α-hetero) is 1. The fourth-order valence-corrected chi connectivity index (χ4v) is 3.74. The van der Waals surface area contributed by atoms with E-state index in [0.29, 0.717) is 29.9 Å². The zero-order chi connectivity index (χ0) is 19.6. The number of rotatable bonds is 1. The number of fused-ring (bicyclic) bond motifs is 1. The van der Waals surface area contributed by atoms with Crippen LogP contribution in [0.2, 0.25) is 0 Å². The van der Waals surface area contributed by atoms with Gasteiger partial charge < -0.3 is 5.32 Å². The van der Waals surface area contributed by atoms with Crippen molar-refractivity contribution in [1.29, 1.82) is 0 Å². The number of ketones is 1. The van der Waals surface area contributed by atoms with E-state index < -0.39 is 29.0 Å². The number of hydrogen-bond donors (Lipinski definition) is 1. The van der Waals surface area contributed by atoms with Gasteiger partial charge in [0.1, 0.15) is 17.7 Å². The third kappa shape index (κ3) is 2.74. The number of hydrogen-bond acceptors (Lipinski definition) is 3. The van der Waals surface area contributed by atoms with Crippen molar-refractivity contribution >= 4 is 11.6 Å². The Balaban J connectivity index is 1.93. The van der Waals surface area contributed by atoms with E-state index in [1.807, 2.05) is 13.8 Å². The first kappa shape index (κ1) is 17.8. The van der Waals surface area contributed by atoms with Gasteiger partial charge in [-0.1, -0.05) is 19.9 Å². The Kier molecular flexibility index (Phi) is 3.73. The number of aromatic nitrogens is 2. The molecule has 0 spiro atoms. The summed E-state index contributed by atoms with van der Waals surface area (Å²) >= 11 is 0.